The molecule has 0 heteroatoms. The molecule has 0 unspecified atom stereocenters. The van der Waals surface area contributed by atoms with E-state index in [4.69, 9.17) is 0 Å². The molecule has 0 saturated heterocycles. The van der Waals surface area contributed by atoms with Gasteiger partial charge in [-0.05, 0) is 74.2 Å². The molecule has 0 fully saturated rings. The fourth-order valence-electron chi connectivity index (χ4n) is 6.76. The van der Waals surface area contributed by atoms with Crippen molar-refractivity contribution in [2.75, 3.05) is 0 Å². The zero-order valence-corrected chi connectivity index (χ0v) is 20.5. The van der Waals surface area contributed by atoms with Gasteiger partial charge in [-0.2, -0.15) is 0 Å². The molecule has 0 aliphatic heterocycles. The number of rotatable bonds is 2. The van der Waals surface area contributed by atoms with Crippen molar-refractivity contribution in [2.24, 2.45) is 0 Å². The molecule has 0 nitrogen and oxygen atoms in total. The summed E-state index contributed by atoms with van der Waals surface area (Å²) in [6.07, 6.45) is 0. The van der Waals surface area contributed by atoms with Gasteiger partial charge < -0.3 is 0 Å². The van der Waals surface area contributed by atoms with Crippen LogP contribution in [-0.4, -0.2) is 0 Å². The van der Waals surface area contributed by atoms with E-state index in [0.29, 0.717) is 0 Å². The summed E-state index contributed by atoms with van der Waals surface area (Å²) in [6, 6.07) is 42.8. The van der Waals surface area contributed by atoms with Crippen LogP contribution >= 0.6 is 0 Å². The Labute approximate surface area is 207 Å². The Morgan fingerprint density at radius 2 is 0.971 bits per heavy atom. The molecule has 5 aromatic rings. The lowest BCUT2D eigenvalue weighted by molar-refractivity contribution is 0.656. The Kier molecular flexibility index (Phi) is 4.13. The average molecular weight is 449 g/mol. The largest absolute Gasteiger partial charge is 0.0622 e. The van der Waals surface area contributed by atoms with Crippen LogP contribution in [0.2, 0.25) is 0 Å². The summed E-state index contributed by atoms with van der Waals surface area (Å²) in [4.78, 5) is 0. The molecule has 0 heterocycles. The van der Waals surface area contributed by atoms with Gasteiger partial charge in [0.1, 0.15) is 0 Å². The zero-order chi connectivity index (χ0) is 23.8. The molecule has 0 aromatic heterocycles. The smallest absolute Gasteiger partial charge is 0.0441 e. The van der Waals surface area contributed by atoms with Crippen LogP contribution in [0.1, 0.15) is 48.6 Å². The second-order valence-electron chi connectivity index (χ2n) is 10.7. The van der Waals surface area contributed by atoms with E-state index in [1.54, 1.807) is 0 Å². The van der Waals surface area contributed by atoms with Crippen molar-refractivity contribution in [1.82, 2.24) is 0 Å². The third kappa shape index (κ3) is 2.63. The molecule has 35 heavy (non-hydrogen) atoms. The van der Waals surface area contributed by atoms with Gasteiger partial charge in [-0.25, -0.2) is 0 Å². The van der Waals surface area contributed by atoms with Gasteiger partial charge in [0, 0.05) is 10.8 Å². The lowest BCUT2D eigenvalue weighted by Crippen LogP contribution is -2.24. The monoisotopic (exact) mass is 448 g/mol. The van der Waals surface area contributed by atoms with E-state index in [1.165, 1.54) is 61.2 Å². The van der Waals surface area contributed by atoms with Gasteiger partial charge in [0.05, 0.1) is 0 Å². The van der Waals surface area contributed by atoms with Crippen molar-refractivity contribution in [2.45, 2.75) is 31.6 Å². The topological polar surface area (TPSA) is 0 Å². The maximum absolute atomic E-state index is 2.43. The number of fused-ring (bicyclic) bond motifs is 6. The first-order valence-corrected chi connectivity index (χ1v) is 12.5. The van der Waals surface area contributed by atoms with Crippen LogP contribution in [0.15, 0.2) is 115 Å². The maximum Gasteiger partial charge on any atom is 0.0441 e. The summed E-state index contributed by atoms with van der Waals surface area (Å²) in [6.45, 7) is 7.20. The van der Waals surface area contributed by atoms with Gasteiger partial charge in [0.15, 0.2) is 0 Å². The van der Waals surface area contributed by atoms with E-state index in [9.17, 15) is 0 Å². The molecule has 7 rings (SSSR count). The summed E-state index contributed by atoms with van der Waals surface area (Å²) < 4.78 is 0. The van der Waals surface area contributed by atoms with E-state index in [-0.39, 0.29) is 10.8 Å². The molecule has 0 amide bonds. The lowest BCUT2D eigenvalue weighted by atomic mass is 9.71. The normalized spacial score (nSPS) is 15.7. The molecule has 5 aromatic carbocycles. The lowest BCUT2D eigenvalue weighted by Gasteiger charge is -2.31. The summed E-state index contributed by atoms with van der Waals surface area (Å²) in [5, 5.41) is 0. The van der Waals surface area contributed by atoms with Crippen molar-refractivity contribution >= 4 is 0 Å². The van der Waals surface area contributed by atoms with Gasteiger partial charge in [0.25, 0.3) is 0 Å². The van der Waals surface area contributed by atoms with E-state index >= 15 is 0 Å². The maximum atomic E-state index is 2.43. The molecule has 2 aliphatic rings. The second-order valence-corrected chi connectivity index (χ2v) is 10.7. The summed E-state index contributed by atoms with van der Waals surface area (Å²) in [5.41, 5.74) is 14.9. The molecule has 0 bridgehead atoms. The minimum absolute atomic E-state index is 0.0561. The van der Waals surface area contributed by atoms with Crippen LogP contribution in [0.5, 0.6) is 0 Å². The Balaban J connectivity index is 1.51. The first kappa shape index (κ1) is 20.5. The van der Waals surface area contributed by atoms with Crippen LogP contribution in [0.25, 0.3) is 33.4 Å². The van der Waals surface area contributed by atoms with Crippen LogP contribution < -0.4 is 0 Å². The number of benzene rings is 5. The van der Waals surface area contributed by atoms with Gasteiger partial charge >= 0.3 is 0 Å². The summed E-state index contributed by atoms with van der Waals surface area (Å²) in [7, 11) is 0. The SMILES string of the molecule is CC1(C)c2cc(-c3ccccc3)ccc2-c2c1cccc2C1(C)c2ccccc2-c2ccccc21. The quantitative estimate of drug-likeness (QED) is 0.253. The molecule has 0 saturated carbocycles. The van der Waals surface area contributed by atoms with Crippen LogP contribution in [-0.2, 0) is 10.8 Å². The Morgan fingerprint density at radius 3 is 1.66 bits per heavy atom. The van der Waals surface area contributed by atoms with E-state index in [0.717, 1.165) is 0 Å². The highest BCUT2D eigenvalue weighted by atomic mass is 14.5. The van der Waals surface area contributed by atoms with Crippen molar-refractivity contribution in [3.63, 3.8) is 0 Å². The standard InChI is InChI=1S/C35H28/c1-34(2)30-18-11-19-31(33(30)27-21-20-24(22-32(27)34)23-12-5-4-6-13-23)35(3)28-16-9-7-14-25(28)26-15-8-10-17-29(26)35/h4-22H,1-3H3. The van der Waals surface area contributed by atoms with Crippen LogP contribution in [0.4, 0.5) is 0 Å². The predicted molar refractivity (Wildman–Crippen MR) is 147 cm³/mol. The highest BCUT2D eigenvalue weighted by Crippen LogP contribution is 2.58. The highest BCUT2D eigenvalue weighted by molar-refractivity contribution is 5.90. The first-order chi connectivity index (χ1) is 17.0. The first-order valence-electron chi connectivity index (χ1n) is 12.5. The number of hydrogen-bond donors (Lipinski definition) is 0. The van der Waals surface area contributed by atoms with E-state index in [1.807, 2.05) is 0 Å². The van der Waals surface area contributed by atoms with Crippen LogP contribution in [0.3, 0.4) is 0 Å². The minimum Gasteiger partial charge on any atom is -0.0622 e. The van der Waals surface area contributed by atoms with E-state index < -0.39 is 0 Å². The van der Waals surface area contributed by atoms with Crippen LogP contribution in [0, 0.1) is 0 Å². The molecule has 0 spiro atoms. The average Bonchev–Trinajstić information content (AvgIpc) is 3.31. The second kappa shape index (κ2) is 7.06. The molecular formula is C35H28. The van der Waals surface area contributed by atoms with E-state index in [2.05, 4.69) is 136 Å². The van der Waals surface area contributed by atoms with Gasteiger partial charge in [-0.1, -0.05) is 123 Å². The van der Waals surface area contributed by atoms with Gasteiger partial charge in [0.2, 0.25) is 0 Å². The molecule has 168 valence electrons. The Bertz CT molecular complexity index is 1570. The molecule has 0 atom stereocenters. The molecule has 0 radical (unpaired) electrons. The van der Waals surface area contributed by atoms with Crippen molar-refractivity contribution in [1.29, 1.82) is 0 Å². The Hall–Kier alpha value is -3.90. The summed E-state index contributed by atoms with van der Waals surface area (Å²) in [5.74, 6) is 0. The molecule has 0 N–H and O–H groups in total. The minimum atomic E-state index is -0.200. The fourth-order valence-corrected chi connectivity index (χ4v) is 6.76. The highest BCUT2D eigenvalue weighted by Gasteiger charge is 2.45. The third-order valence-corrected chi connectivity index (χ3v) is 8.57. The third-order valence-electron chi connectivity index (χ3n) is 8.57. The summed E-state index contributed by atoms with van der Waals surface area (Å²) >= 11 is 0. The zero-order valence-electron chi connectivity index (χ0n) is 20.5. The fraction of sp³-hybridized carbons (Fsp3) is 0.143. The van der Waals surface area contributed by atoms with Gasteiger partial charge in [-0.15, -0.1) is 0 Å². The van der Waals surface area contributed by atoms with Crippen molar-refractivity contribution in [3.05, 3.63) is 143 Å². The molecular weight excluding hydrogens is 420 g/mol. The van der Waals surface area contributed by atoms with Crippen molar-refractivity contribution in [3.8, 4) is 33.4 Å². The van der Waals surface area contributed by atoms with Gasteiger partial charge in [-0.3, -0.25) is 0 Å². The number of hydrogen-bond acceptors (Lipinski definition) is 0. The van der Waals surface area contributed by atoms with Crippen molar-refractivity contribution < 1.29 is 0 Å². The molecule has 2 aliphatic carbocycles. The Morgan fingerprint density at radius 1 is 0.400 bits per heavy atom. The predicted octanol–water partition coefficient (Wildman–Crippen LogP) is 8.99.